The van der Waals surface area contributed by atoms with E-state index in [1.54, 1.807) is 42.5 Å². The molecule has 0 bridgehead atoms. The quantitative estimate of drug-likeness (QED) is 0.214. The summed E-state index contributed by atoms with van der Waals surface area (Å²) in [6.07, 6.45) is 1.33. The van der Waals surface area contributed by atoms with Gasteiger partial charge in [0.2, 0.25) is 5.65 Å². The predicted octanol–water partition coefficient (Wildman–Crippen LogP) is 6.33. The van der Waals surface area contributed by atoms with Crippen LogP contribution in [-0.4, -0.2) is 22.7 Å². The van der Waals surface area contributed by atoms with Gasteiger partial charge in [-0.05, 0) is 41.3 Å². The monoisotopic (exact) mass is 527 g/mol. The van der Waals surface area contributed by atoms with Gasteiger partial charge in [0.05, 0.1) is 19.8 Å². The molecule has 0 saturated carbocycles. The molecule has 0 atom stereocenters. The van der Waals surface area contributed by atoms with Crippen molar-refractivity contribution in [2.75, 3.05) is 0 Å². The average Bonchev–Trinajstić information content (AvgIpc) is 3.08. The van der Waals surface area contributed by atoms with Crippen LogP contribution in [0.5, 0.6) is 0 Å². The minimum atomic E-state index is -3.87. The van der Waals surface area contributed by atoms with Gasteiger partial charge in [-0.3, -0.25) is 0 Å². The Bertz CT molecular complexity index is 1460. The molecule has 0 radical (unpaired) electrons. The molecule has 164 valence electrons. The molecule has 4 aromatic rings. The van der Waals surface area contributed by atoms with E-state index in [1.165, 1.54) is 34.5 Å². The molecule has 32 heavy (non-hydrogen) atoms. The number of halogens is 3. The molecule has 0 aliphatic carbocycles. The molecule has 2 aromatic heterocycles. The van der Waals surface area contributed by atoms with E-state index < -0.39 is 26.3 Å². The second kappa shape index (κ2) is 8.92. The summed E-state index contributed by atoms with van der Waals surface area (Å²) < 4.78 is 26.9. The van der Waals surface area contributed by atoms with Gasteiger partial charge in [0.15, 0.2) is 15.5 Å². The number of sulfone groups is 1. The van der Waals surface area contributed by atoms with Crippen molar-refractivity contribution in [1.82, 2.24) is 9.38 Å². The Morgan fingerprint density at radius 3 is 2.38 bits per heavy atom. The lowest BCUT2D eigenvalue weighted by Gasteiger charge is -2.05. The zero-order valence-corrected chi connectivity index (χ0v) is 19.8. The van der Waals surface area contributed by atoms with Crippen molar-refractivity contribution in [1.29, 1.82) is 0 Å². The first-order valence-corrected chi connectivity index (χ1v) is 12.5. The zero-order chi connectivity index (χ0) is 23.0. The number of imidazole rings is 1. The lowest BCUT2D eigenvalue weighted by atomic mass is 10.4. The molecule has 0 amide bonds. The minimum absolute atomic E-state index is 0.0481. The number of rotatable bonds is 6. The van der Waals surface area contributed by atoms with Crippen molar-refractivity contribution in [2.45, 2.75) is 20.4 Å². The number of hydrogen-bond acceptors (Lipinski definition) is 6. The molecule has 2 heterocycles. The smallest absolute Gasteiger partial charge is 0.352 e. The maximum absolute atomic E-state index is 12.8. The molecule has 0 spiro atoms. The van der Waals surface area contributed by atoms with Crippen molar-refractivity contribution in [3.8, 4) is 0 Å². The van der Waals surface area contributed by atoms with Crippen molar-refractivity contribution in [2.24, 2.45) is 0 Å². The maximum Gasteiger partial charge on any atom is 0.352 e. The highest BCUT2D eigenvalue weighted by atomic mass is 35.5. The van der Waals surface area contributed by atoms with Gasteiger partial charge in [-0.1, -0.05) is 64.8 Å². The fourth-order valence-corrected chi connectivity index (χ4v) is 6.09. The Morgan fingerprint density at radius 2 is 1.72 bits per heavy atom. The van der Waals surface area contributed by atoms with Gasteiger partial charge < -0.3 is 10.1 Å². The fraction of sp³-hybridized carbons (Fsp3) is 0.0500. The highest BCUT2D eigenvalue weighted by molar-refractivity contribution is 7.99. The molecule has 2 aromatic carbocycles. The summed E-state index contributed by atoms with van der Waals surface area (Å²) in [4.78, 5) is 16.7. The molecular weight excluding hydrogens is 517 g/mol. The van der Waals surface area contributed by atoms with E-state index in [2.05, 4.69) is 4.98 Å². The molecule has 0 aliphatic heterocycles. The second-order valence-electron chi connectivity index (χ2n) is 6.60. The molecule has 4 rings (SSSR count). The Balaban J connectivity index is 1.85. The standard InChI is InChI=1S/C20H12Cl3N3O4S2/c21-12-6-7-17(15(23)8-12)31-18-9-13(22)10-25-19(18)24-16(20(25)26(27)28)11-32(29,30)14-4-2-1-3-5-14/h1-10H,11H2. The van der Waals surface area contributed by atoms with Crippen LogP contribution < -0.4 is 0 Å². The van der Waals surface area contributed by atoms with E-state index in [1.807, 2.05) is 0 Å². The minimum Gasteiger partial charge on any atom is -0.358 e. The van der Waals surface area contributed by atoms with Crippen LogP contribution in [0.25, 0.3) is 5.65 Å². The number of aromatic nitrogens is 2. The Morgan fingerprint density at radius 1 is 1.00 bits per heavy atom. The van der Waals surface area contributed by atoms with Crippen LogP contribution in [0.1, 0.15) is 5.69 Å². The van der Waals surface area contributed by atoms with E-state index in [9.17, 15) is 18.5 Å². The first-order valence-electron chi connectivity index (χ1n) is 8.91. The van der Waals surface area contributed by atoms with Gasteiger partial charge in [-0.2, -0.15) is 4.40 Å². The molecule has 0 fully saturated rings. The van der Waals surface area contributed by atoms with Gasteiger partial charge in [0, 0.05) is 9.92 Å². The molecule has 0 unspecified atom stereocenters. The maximum atomic E-state index is 12.8. The molecular formula is C20H12Cl3N3O4S2. The Labute approximate surface area is 202 Å². The van der Waals surface area contributed by atoms with Crippen molar-refractivity contribution in [3.05, 3.63) is 91.7 Å². The zero-order valence-electron chi connectivity index (χ0n) is 15.9. The van der Waals surface area contributed by atoms with Gasteiger partial charge in [-0.25, -0.2) is 13.4 Å². The normalized spacial score (nSPS) is 11.7. The van der Waals surface area contributed by atoms with Gasteiger partial charge in [0.1, 0.15) is 11.9 Å². The first kappa shape index (κ1) is 22.9. The van der Waals surface area contributed by atoms with Crippen LogP contribution in [0.2, 0.25) is 15.1 Å². The van der Waals surface area contributed by atoms with Gasteiger partial charge in [0.25, 0.3) is 0 Å². The second-order valence-corrected chi connectivity index (χ2v) is 11.0. The third kappa shape index (κ3) is 4.57. The van der Waals surface area contributed by atoms with Crippen molar-refractivity contribution in [3.63, 3.8) is 0 Å². The predicted molar refractivity (Wildman–Crippen MR) is 125 cm³/mol. The summed E-state index contributed by atoms with van der Waals surface area (Å²) in [5.41, 5.74) is 0.000510. The van der Waals surface area contributed by atoms with E-state index in [0.29, 0.717) is 19.8 Å². The van der Waals surface area contributed by atoms with E-state index in [0.717, 1.165) is 0 Å². The van der Waals surface area contributed by atoms with Crippen LogP contribution >= 0.6 is 46.6 Å². The summed E-state index contributed by atoms with van der Waals surface area (Å²) in [5, 5.41) is 12.9. The number of pyridine rings is 1. The van der Waals surface area contributed by atoms with Gasteiger partial charge >= 0.3 is 5.82 Å². The molecule has 12 heteroatoms. The summed E-state index contributed by atoms with van der Waals surface area (Å²) >= 11 is 19.6. The number of benzene rings is 2. The summed E-state index contributed by atoms with van der Waals surface area (Å²) in [6, 6.07) is 14.2. The van der Waals surface area contributed by atoms with E-state index >= 15 is 0 Å². The van der Waals surface area contributed by atoms with Crippen LogP contribution in [0.4, 0.5) is 5.82 Å². The lowest BCUT2D eigenvalue weighted by molar-refractivity contribution is -0.391. The molecule has 0 aliphatic rings. The van der Waals surface area contributed by atoms with E-state index in [-0.39, 0.29) is 21.3 Å². The van der Waals surface area contributed by atoms with Crippen molar-refractivity contribution < 1.29 is 13.3 Å². The highest BCUT2D eigenvalue weighted by Gasteiger charge is 2.30. The third-order valence-electron chi connectivity index (χ3n) is 4.41. The topological polar surface area (TPSA) is 94.6 Å². The Hall–Kier alpha value is -2.30. The summed E-state index contributed by atoms with van der Waals surface area (Å²) in [6.45, 7) is 0. The van der Waals surface area contributed by atoms with Crippen LogP contribution in [0.3, 0.4) is 0 Å². The largest absolute Gasteiger partial charge is 0.358 e. The summed E-state index contributed by atoms with van der Waals surface area (Å²) in [5.74, 6) is -1.11. The van der Waals surface area contributed by atoms with Crippen LogP contribution in [-0.2, 0) is 15.6 Å². The SMILES string of the molecule is O=[N+]([O-])c1c(CS(=O)(=O)c2ccccc2)nc2c(Sc3ccc(Cl)cc3Cl)cc(Cl)cn12. The lowest BCUT2D eigenvalue weighted by Crippen LogP contribution is -2.07. The first-order chi connectivity index (χ1) is 15.2. The third-order valence-corrected chi connectivity index (χ3v) is 8.02. The molecule has 7 nitrogen and oxygen atoms in total. The molecule has 0 N–H and O–H groups in total. The number of nitro groups is 1. The number of nitrogens with zero attached hydrogens (tertiary/aromatic N) is 3. The summed E-state index contributed by atoms with van der Waals surface area (Å²) in [7, 11) is -3.87. The molecule has 0 saturated heterocycles. The van der Waals surface area contributed by atoms with Crippen molar-refractivity contribution >= 4 is 67.9 Å². The number of fused-ring (bicyclic) bond motifs is 1. The van der Waals surface area contributed by atoms with Gasteiger partial charge in [-0.15, -0.1) is 0 Å². The Kier molecular flexibility index (Phi) is 6.37. The number of hydrogen-bond donors (Lipinski definition) is 0. The highest BCUT2D eigenvalue weighted by Crippen LogP contribution is 2.39. The van der Waals surface area contributed by atoms with Crippen LogP contribution in [0, 0.1) is 10.1 Å². The van der Waals surface area contributed by atoms with Crippen LogP contribution in [0.15, 0.2) is 75.5 Å². The average molecular weight is 529 g/mol. The fourth-order valence-electron chi connectivity index (χ4n) is 3.05. The van der Waals surface area contributed by atoms with E-state index in [4.69, 9.17) is 34.8 Å².